The first-order chi connectivity index (χ1) is 30.3. The lowest BCUT2D eigenvalue weighted by Crippen LogP contribution is -2.51. The number of primary amides is 1. The van der Waals surface area contributed by atoms with Crippen LogP contribution in [0.15, 0.2) is 66.7 Å². The first kappa shape index (κ1) is 43.4. The van der Waals surface area contributed by atoms with Crippen LogP contribution in [-0.2, 0) is 22.2 Å². The van der Waals surface area contributed by atoms with Crippen LogP contribution in [0.3, 0.4) is 0 Å². The summed E-state index contributed by atoms with van der Waals surface area (Å²) in [5, 5.41) is 23.6. The number of urea groups is 1. The standard InChI is InChI=1S/C45H47ClF2N8O7/c1-25-36-33(23-30(47)39(46)38(36)37-28(42(49)60)11-12-32(40(37)48)62-22-21-57)63-45(25,26-7-4-3-5-8-26)24-51-27-14-18-55(19-15-27)35(59)13-17-50-31-10-6-9-29-41(31)54(2)53-43(29)56-20-16-34(58)52-44(56)61/h3-12,23,25,27,50-51,57H,13-22,24H2,1-2H3,(H2,49,60)(H,52,58,61). The molecule has 3 aliphatic heterocycles. The maximum atomic E-state index is 16.4. The van der Waals surface area contributed by atoms with E-state index in [9.17, 15) is 24.3 Å². The van der Waals surface area contributed by atoms with Crippen molar-refractivity contribution in [1.29, 1.82) is 0 Å². The van der Waals surface area contributed by atoms with Gasteiger partial charge < -0.3 is 35.8 Å². The Hall–Kier alpha value is -6.30. The van der Waals surface area contributed by atoms with Gasteiger partial charge in [0.1, 0.15) is 18.2 Å². The molecule has 5 amide bonds. The lowest BCUT2D eigenvalue weighted by atomic mass is 9.77. The highest BCUT2D eigenvalue weighted by Crippen LogP contribution is 2.56. The number of carbonyl (C=O) groups is 4. The van der Waals surface area contributed by atoms with Crippen molar-refractivity contribution in [3.05, 3.63) is 100 Å². The van der Waals surface area contributed by atoms with Gasteiger partial charge >= 0.3 is 6.03 Å². The zero-order chi connectivity index (χ0) is 44.6. The van der Waals surface area contributed by atoms with E-state index >= 15 is 8.78 Å². The monoisotopic (exact) mass is 884 g/mol. The molecule has 5 aromatic rings. The Labute approximate surface area is 366 Å². The quantitative estimate of drug-likeness (QED) is 0.0943. The predicted octanol–water partition coefficient (Wildman–Crippen LogP) is 5.56. The number of hydrogen-bond donors (Lipinski definition) is 5. The minimum absolute atomic E-state index is 0.00254. The fourth-order valence-corrected chi connectivity index (χ4v) is 9.26. The molecule has 2 atom stereocenters. The fraction of sp³-hybridized carbons (Fsp3) is 0.356. The molecule has 2 saturated heterocycles. The highest BCUT2D eigenvalue weighted by molar-refractivity contribution is 6.34. The number of rotatable bonds is 14. The number of imide groups is 1. The van der Waals surface area contributed by atoms with Crippen molar-refractivity contribution in [2.24, 2.45) is 12.8 Å². The Morgan fingerprint density at radius 3 is 2.54 bits per heavy atom. The summed E-state index contributed by atoms with van der Waals surface area (Å²) in [6.45, 7) is 3.13. The van der Waals surface area contributed by atoms with Crippen molar-refractivity contribution < 1.29 is 42.5 Å². The number of nitrogens with one attached hydrogen (secondary N) is 3. The van der Waals surface area contributed by atoms with E-state index in [-0.39, 0.29) is 78.6 Å². The van der Waals surface area contributed by atoms with Gasteiger partial charge in [-0.3, -0.25) is 29.3 Å². The lowest BCUT2D eigenvalue weighted by Gasteiger charge is -2.38. The van der Waals surface area contributed by atoms with Crippen LogP contribution in [0.4, 0.5) is 25.1 Å². The van der Waals surface area contributed by atoms with E-state index < -0.39 is 46.7 Å². The van der Waals surface area contributed by atoms with E-state index in [4.69, 9.17) is 26.8 Å². The molecule has 0 saturated carbocycles. The number of carbonyl (C=O) groups excluding carboxylic acids is 4. The first-order valence-electron chi connectivity index (χ1n) is 20.8. The zero-order valence-electron chi connectivity index (χ0n) is 34.7. The van der Waals surface area contributed by atoms with E-state index in [1.807, 2.05) is 60.4 Å². The number of fused-ring (bicyclic) bond motifs is 2. The zero-order valence-corrected chi connectivity index (χ0v) is 35.4. The average Bonchev–Trinajstić information content (AvgIpc) is 3.76. The molecular formula is C45H47ClF2N8O7. The van der Waals surface area contributed by atoms with E-state index in [1.54, 1.807) is 11.7 Å². The molecule has 63 heavy (non-hydrogen) atoms. The number of nitrogens with zero attached hydrogens (tertiary/aromatic N) is 4. The molecule has 4 aromatic carbocycles. The highest BCUT2D eigenvalue weighted by Gasteiger charge is 2.50. The number of nitrogens with two attached hydrogens (primary N) is 1. The van der Waals surface area contributed by atoms with Gasteiger partial charge in [0.15, 0.2) is 23.0 Å². The van der Waals surface area contributed by atoms with Crippen molar-refractivity contribution in [3.63, 3.8) is 0 Å². The third-order valence-corrected chi connectivity index (χ3v) is 12.6. The van der Waals surface area contributed by atoms with Gasteiger partial charge in [0, 0.05) is 92.7 Å². The van der Waals surface area contributed by atoms with E-state index in [0.717, 1.165) is 22.2 Å². The average molecular weight is 885 g/mol. The number of ether oxygens (including phenoxy) is 2. The summed E-state index contributed by atoms with van der Waals surface area (Å²) < 4.78 is 46.0. The topological polar surface area (TPSA) is 193 Å². The third-order valence-electron chi connectivity index (χ3n) is 12.2. The Bertz CT molecular complexity index is 2600. The van der Waals surface area contributed by atoms with Gasteiger partial charge in [0.05, 0.1) is 28.4 Å². The number of piperidine rings is 1. The molecule has 330 valence electrons. The van der Waals surface area contributed by atoms with Crippen LogP contribution in [0.25, 0.3) is 22.0 Å². The van der Waals surface area contributed by atoms with Crippen LogP contribution in [0, 0.1) is 11.6 Å². The summed E-state index contributed by atoms with van der Waals surface area (Å²) in [5.74, 6) is -3.43. The smallest absolute Gasteiger partial charge is 0.329 e. The molecule has 2 unspecified atom stereocenters. The normalized spacial score (nSPS) is 18.9. The number of likely N-dealkylation sites (tertiary alicyclic amines) is 1. The van der Waals surface area contributed by atoms with Crippen molar-refractivity contribution in [3.8, 4) is 22.6 Å². The van der Waals surface area contributed by atoms with E-state index in [0.29, 0.717) is 43.9 Å². The second-order valence-corrected chi connectivity index (χ2v) is 16.3. The number of aryl methyl sites for hydroxylation is 1. The minimum Gasteiger partial charge on any atom is -0.488 e. The van der Waals surface area contributed by atoms with Crippen LogP contribution >= 0.6 is 11.6 Å². The number of hydrogen-bond acceptors (Lipinski definition) is 10. The van der Waals surface area contributed by atoms with Gasteiger partial charge in [-0.05, 0) is 42.7 Å². The van der Waals surface area contributed by atoms with Crippen LogP contribution in [0.2, 0.25) is 5.02 Å². The number of aromatic nitrogens is 2. The highest BCUT2D eigenvalue weighted by atomic mass is 35.5. The van der Waals surface area contributed by atoms with Crippen LogP contribution in [-0.4, -0.2) is 95.5 Å². The van der Waals surface area contributed by atoms with Crippen LogP contribution in [0.5, 0.6) is 11.5 Å². The van der Waals surface area contributed by atoms with Crippen molar-refractivity contribution in [2.75, 3.05) is 56.2 Å². The van der Waals surface area contributed by atoms with Gasteiger partial charge in [-0.2, -0.15) is 5.10 Å². The molecule has 0 radical (unpaired) electrons. The first-order valence-corrected chi connectivity index (χ1v) is 21.2. The molecule has 18 heteroatoms. The van der Waals surface area contributed by atoms with Gasteiger partial charge in [-0.25, -0.2) is 13.6 Å². The summed E-state index contributed by atoms with van der Waals surface area (Å²) in [6.07, 6.45) is 1.72. The van der Waals surface area contributed by atoms with Gasteiger partial charge in [-0.1, -0.05) is 54.9 Å². The fourth-order valence-electron chi connectivity index (χ4n) is 9.01. The molecule has 4 heterocycles. The predicted molar refractivity (Wildman–Crippen MR) is 232 cm³/mol. The number of aliphatic hydroxyl groups is 1. The second-order valence-electron chi connectivity index (χ2n) is 15.9. The summed E-state index contributed by atoms with van der Waals surface area (Å²) >= 11 is 6.68. The number of amides is 5. The molecule has 0 aliphatic carbocycles. The molecule has 0 spiro atoms. The van der Waals surface area contributed by atoms with Crippen molar-refractivity contribution >= 4 is 57.8 Å². The lowest BCUT2D eigenvalue weighted by molar-refractivity contribution is -0.132. The largest absolute Gasteiger partial charge is 0.488 e. The molecule has 15 nitrogen and oxygen atoms in total. The SMILES string of the molecule is CC1c2c(cc(F)c(Cl)c2-c2c(C(N)=O)ccc(OCCO)c2F)OC1(CNC1CCN(C(=O)CCNc2cccc3c(N4CCC(=O)NC4=O)nn(C)c23)CC1)c1ccccc1. The van der Waals surface area contributed by atoms with Gasteiger partial charge in [0.2, 0.25) is 17.7 Å². The summed E-state index contributed by atoms with van der Waals surface area (Å²) in [6, 6.07) is 18.2. The third kappa shape index (κ3) is 8.11. The van der Waals surface area contributed by atoms with Crippen molar-refractivity contribution in [1.82, 2.24) is 25.3 Å². The van der Waals surface area contributed by atoms with Crippen molar-refractivity contribution in [2.45, 2.75) is 50.2 Å². The maximum Gasteiger partial charge on any atom is 0.329 e. The Balaban J connectivity index is 0.955. The number of benzene rings is 4. The van der Waals surface area contributed by atoms with E-state index in [2.05, 4.69) is 21.0 Å². The number of para-hydroxylation sites is 1. The number of aliphatic hydroxyl groups excluding tert-OH is 1. The Morgan fingerprint density at radius 1 is 1.06 bits per heavy atom. The van der Waals surface area contributed by atoms with Gasteiger partial charge in [0.25, 0.3) is 0 Å². The van der Waals surface area contributed by atoms with Crippen LogP contribution < -0.4 is 36.1 Å². The molecule has 0 bridgehead atoms. The summed E-state index contributed by atoms with van der Waals surface area (Å²) in [7, 11) is 1.78. The molecule has 1 aromatic heterocycles. The molecular weight excluding hydrogens is 838 g/mol. The van der Waals surface area contributed by atoms with E-state index in [1.165, 1.54) is 23.1 Å². The maximum absolute atomic E-state index is 16.4. The summed E-state index contributed by atoms with van der Waals surface area (Å²) in [4.78, 5) is 53.8. The Kier molecular flexibility index (Phi) is 12.3. The second kappa shape index (κ2) is 17.8. The van der Waals surface area contributed by atoms with Gasteiger partial charge in [-0.15, -0.1) is 0 Å². The number of anilines is 2. The molecule has 8 rings (SSSR count). The number of halogens is 3. The van der Waals surface area contributed by atoms with Crippen LogP contribution in [0.1, 0.15) is 60.0 Å². The Morgan fingerprint density at radius 2 is 1.83 bits per heavy atom. The molecule has 3 aliphatic rings. The molecule has 6 N–H and O–H groups in total. The minimum atomic E-state index is -1.14. The molecule has 2 fully saturated rings. The summed E-state index contributed by atoms with van der Waals surface area (Å²) in [5.41, 5.74) is 6.62.